The predicted octanol–water partition coefficient (Wildman–Crippen LogP) is 3.48. The Balaban J connectivity index is 1.97. The van der Waals surface area contributed by atoms with E-state index >= 15 is 0 Å². The van der Waals surface area contributed by atoms with Crippen LogP contribution in [0.5, 0.6) is 0 Å². The number of H-pyrrole nitrogens is 1. The highest BCUT2D eigenvalue weighted by Crippen LogP contribution is 2.28. The maximum Gasteiger partial charge on any atom is 0.122 e. The molecule has 3 nitrogen and oxygen atoms in total. The lowest BCUT2D eigenvalue weighted by molar-refractivity contribution is 0.109. The second-order valence-electron chi connectivity index (χ2n) is 5.01. The Morgan fingerprint density at radius 1 is 1.05 bits per heavy atom. The zero-order valence-electron chi connectivity index (χ0n) is 11.2. The van der Waals surface area contributed by atoms with Crippen molar-refractivity contribution in [1.82, 2.24) is 10.2 Å². The lowest BCUT2D eigenvalue weighted by atomic mass is 9.97. The largest absolute Gasteiger partial charge is 0.380 e. The SMILES string of the molecule is CC(O)(/C=C/c1ccccc1)c1[nH]nc2ccccc12. The van der Waals surface area contributed by atoms with Crippen LogP contribution in [-0.2, 0) is 5.60 Å². The first kappa shape index (κ1) is 12.6. The molecule has 0 amide bonds. The van der Waals surface area contributed by atoms with Crippen LogP contribution in [0.3, 0.4) is 0 Å². The number of hydrogen-bond donors (Lipinski definition) is 2. The molecule has 0 aliphatic carbocycles. The van der Waals surface area contributed by atoms with E-state index in [2.05, 4.69) is 10.2 Å². The molecule has 1 atom stereocenters. The molecule has 3 aromatic rings. The number of rotatable bonds is 3. The summed E-state index contributed by atoms with van der Waals surface area (Å²) in [6.45, 7) is 1.76. The zero-order chi connectivity index (χ0) is 14.0. The van der Waals surface area contributed by atoms with Gasteiger partial charge in [0.15, 0.2) is 0 Å². The first-order chi connectivity index (χ1) is 9.67. The fourth-order valence-electron chi connectivity index (χ4n) is 2.25. The highest BCUT2D eigenvalue weighted by molar-refractivity contribution is 5.82. The van der Waals surface area contributed by atoms with Crippen molar-refractivity contribution in [2.45, 2.75) is 12.5 Å². The van der Waals surface area contributed by atoms with E-state index in [0.29, 0.717) is 5.69 Å². The molecule has 0 spiro atoms. The molecule has 0 aliphatic rings. The van der Waals surface area contributed by atoms with Crippen LogP contribution in [0.2, 0.25) is 0 Å². The molecule has 0 fully saturated rings. The van der Waals surface area contributed by atoms with Gasteiger partial charge in [0.2, 0.25) is 0 Å². The van der Waals surface area contributed by atoms with Crippen molar-refractivity contribution < 1.29 is 5.11 Å². The fourth-order valence-corrected chi connectivity index (χ4v) is 2.25. The highest BCUT2D eigenvalue weighted by atomic mass is 16.3. The summed E-state index contributed by atoms with van der Waals surface area (Å²) < 4.78 is 0. The summed E-state index contributed by atoms with van der Waals surface area (Å²) in [4.78, 5) is 0. The molecule has 1 unspecified atom stereocenters. The number of nitrogens with one attached hydrogen (secondary N) is 1. The molecule has 100 valence electrons. The molecule has 0 radical (unpaired) electrons. The van der Waals surface area contributed by atoms with Crippen molar-refractivity contribution in [2.75, 3.05) is 0 Å². The van der Waals surface area contributed by atoms with Gasteiger partial charge in [-0.1, -0.05) is 54.6 Å². The molecule has 1 aromatic heterocycles. The minimum absolute atomic E-state index is 0.709. The van der Waals surface area contributed by atoms with Gasteiger partial charge in [0.25, 0.3) is 0 Å². The molecule has 3 rings (SSSR count). The first-order valence-corrected chi connectivity index (χ1v) is 6.57. The molecule has 3 heteroatoms. The third-order valence-corrected chi connectivity index (χ3v) is 3.37. The molecular formula is C17H16N2O. The Bertz CT molecular complexity index is 742. The summed E-state index contributed by atoms with van der Waals surface area (Å²) >= 11 is 0. The molecule has 0 saturated carbocycles. The summed E-state index contributed by atoms with van der Waals surface area (Å²) in [6.07, 6.45) is 3.69. The molecule has 20 heavy (non-hydrogen) atoms. The summed E-state index contributed by atoms with van der Waals surface area (Å²) in [5.41, 5.74) is 1.53. The van der Waals surface area contributed by atoms with E-state index in [1.165, 1.54) is 0 Å². The van der Waals surface area contributed by atoms with Crippen LogP contribution >= 0.6 is 0 Å². The lowest BCUT2D eigenvalue weighted by Crippen LogP contribution is -2.18. The van der Waals surface area contributed by atoms with Crippen LogP contribution < -0.4 is 0 Å². The van der Waals surface area contributed by atoms with Gasteiger partial charge in [-0.05, 0) is 24.6 Å². The van der Waals surface area contributed by atoms with E-state index in [-0.39, 0.29) is 0 Å². The normalized spacial score (nSPS) is 14.7. The Morgan fingerprint density at radius 3 is 2.55 bits per heavy atom. The molecule has 0 aliphatic heterocycles. The average Bonchev–Trinajstić information content (AvgIpc) is 2.91. The number of fused-ring (bicyclic) bond motifs is 1. The first-order valence-electron chi connectivity index (χ1n) is 6.57. The van der Waals surface area contributed by atoms with E-state index in [4.69, 9.17) is 0 Å². The lowest BCUT2D eigenvalue weighted by Gasteiger charge is -2.17. The van der Waals surface area contributed by atoms with Gasteiger partial charge >= 0.3 is 0 Å². The Hall–Kier alpha value is -2.39. The van der Waals surface area contributed by atoms with Gasteiger partial charge in [0.05, 0.1) is 11.2 Å². The number of aliphatic hydroxyl groups is 1. The molecule has 2 N–H and O–H groups in total. The van der Waals surface area contributed by atoms with Gasteiger partial charge in [-0.2, -0.15) is 5.10 Å². The fraction of sp³-hybridized carbons (Fsp3) is 0.118. The van der Waals surface area contributed by atoms with Crippen molar-refractivity contribution in [2.24, 2.45) is 0 Å². The minimum atomic E-state index is -1.09. The maximum atomic E-state index is 10.7. The van der Waals surface area contributed by atoms with Crippen molar-refractivity contribution in [3.05, 3.63) is 71.9 Å². The summed E-state index contributed by atoms with van der Waals surface area (Å²) in [5, 5.41) is 18.8. The third kappa shape index (κ3) is 2.36. The Morgan fingerprint density at radius 2 is 1.75 bits per heavy atom. The van der Waals surface area contributed by atoms with Crippen LogP contribution in [0, 0.1) is 0 Å². The Labute approximate surface area is 117 Å². The van der Waals surface area contributed by atoms with Gasteiger partial charge in [-0.15, -0.1) is 0 Å². The molecule has 0 saturated heterocycles. The van der Waals surface area contributed by atoms with Crippen LogP contribution in [0.25, 0.3) is 17.0 Å². The molecule has 0 bridgehead atoms. The number of aromatic nitrogens is 2. The number of para-hydroxylation sites is 1. The Kier molecular flexibility index (Phi) is 3.12. The standard InChI is InChI=1S/C17H16N2O/c1-17(20,12-11-13-7-3-2-4-8-13)16-14-9-5-6-10-15(14)18-19-16/h2-12,20H,1H3,(H,18,19)/b12-11+. The van der Waals surface area contributed by atoms with Crippen molar-refractivity contribution in [3.8, 4) is 0 Å². The van der Waals surface area contributed by atoms with Crippen LogP contribution in [-0.4, -0.2) is 15.3 Å². The smallest absolute Gasteiger partial charge is 0.122 e. The van der Waals surface area contributed by atoms with Crippen LogP contribution in [0.4, 0.5) is 0 Å². The van der Waals surface area contributed by atoms with E-state index in [1.807, 2.05) is 60.7 Å². The summed E-state index contributed by atoms with van der Waals surface area (Å²) in [6, 6.07) is 17.7. The summed E-state index contributed by atoms with van der Waals surface area (Å²) in [5.74, 6) is 0. The van der Waals surface area contributed by atoms with Crippen molar-refractivity contribution in [1.29, 1.82) is 0 Å². The van der Waals surface area contributed by atoms with Crippen LogP contribution in [0.15, 0.2) is 60.7 Å². The number of hydrogen-bond acceptors (Lipinski definition) is 2. The molecular weight excluding hydrogens is 248 g/mol. The summed E-state index contributed by atoms with van der Waals surface area (Å²) in [7, 11) is 0. The highest BCUT2D eigenvalue weighted by Gasteiger charge is 2.24. The third-order valence-electron chi connectivity index (χ3n) is 3.37. The second kappa shape index (κ2) is 4.94. The van der Waals surface area contributed by atoms with Gasteiger partial charge in [-0.25, -0.2) is 0 Å². The minimum Gasteiger partial charge on any atom is -0.380 e. The zero-order valence-corrected chi connectivity index (χ0v) is 11.2. The molecule has 2 aromatic carbocycles. The number of benzene rings is 2. The van der Waals surface area contributed by atoms with Crippen molar-refractivity contribution >= 4 is 17.0 Å². The quantitative estimate of drug-likeness (QED) is 0.760. The van der Waals surface area contributed by atoms with Gasteiger partial charge in [0.1, 0.15) is 5.60 Å². The van der Waals surface area contributed by atoms with Crippen molar-refractivity contribution in [3.63, 3.8) is 0 Å². The monoisotopic (exact) mass is 264 g/mol. The topological polar surface area (TPSA) is 48.9 Å². The van der Waals surface area contributed by atoms with E-state index in [1.54, 1.807) is 13.0 Å². The van der Waals surface area contributed by atoms with Gasteiger partial charge in [-0.3, -0.25) is 5.10 Å². The van der Waals surface area contributed by atoms with E-state index in [0.717, 1.165) is 16.5 Å². The maximum absolute atomic E-state index is 10.7. The second-order valence-corrected chi connectivity index (χ2v) is 5.01. The predicted molar refractivity (Wildman–Crippen MR) is 81.1 cm³/mol. The van der Waals surface area contributed by atoms with Crippen LogP contribution in [0.1, 0.15) is 18.2 Å². The van der Waals surface area contributed by atoms with Gasteiger partial charge in [0, 0.05) is 5.39 Å². The number of aromatic amines is 1. The molecule has 1 heterocycles. The average molecular weight is 264 g/mol. The van der Waals surface area contributed by atoms with E-state index < -0.39 is 5.60 Å². The van der Waals surface area contributed by atoms with E-state index in [9.17, 15) is 5.11 Å². The number of nitrogens with zero attached hydrogens (tertiary/aromatic N) is 1. The van der Waals surface area contributed by atoms with Gasteiger partial charge < -0.3 is 5.11 Å².